The van der Waals surface area contributed by atoms with Gasteiger partial charge in [-0.15, -0.1) is 0 Å². The molecule has 0 spiro atoms. The highest BCUT2D eigenvalue weighted by molar-refractivity contribution is 6.65. The number of hydrogen-bond donors (Lipinski definition) is 0. The zero-order chi connectivity index (χ0) is 11.9. The van der Waals surface area contributed by atoms with Crippen molar-refractivity contribution in [2.75, 3.05) is 34.0 Å². The van der Waals surface area contributed by atoms with Gasteiger partial charge in [-0.3, -0.25) is 0 Å². The highest BCUT2D eigenvalue weighted by Crippen LogP contribution is 2.16. The summed E-state index contributed by atoms with van der Waals surface area (Å²) in [4.78, 5) is 0. The molecule has 4 nitrogen and oxygen atoms in total. The Balaban J connectivity index is 1.86. The SMILES string of the molecule is CO[Si](C)(CCCOCCCC1CO1)OC. The highest BCUT2D eigenvalue weighted by atomic mass is 28.4. The molecule has 1 fully saturated rings. The third kappa shape index (κ3) is 5.96. The molecule has 0 bridgehead atoms. The van der Waals surface area contributed by atoms with Crippen LogP contribution in [-0.2, 0) is 18.3 Å². The summed E-state index contributed by atoms with van der Waals surface area (Å²) in [6.45, 7) is 4.68. The largest absolute Gasteiger partial charge is 0.398 e. The van der Waals surface area contributed by atoms with Crippen LogP contribution in [0.3, 0.4) is 0 Å². The van der Waals surface area contributed by atoms with Crippen LogP contribution >= 0.6 is 0 Å². The Bertz CT molecular complexity index is 181. The van der Waals surface area contributed by atoms with Gasteiger partial charge in [-0.05, 0) is 31.9 Å². The normalized spacial score (nSPS) is 20.1. The van der Waals surface area contributed by atoms with E-state index in [-0.39, 0.29) is 0 Å². The summed E-state index contributed by atoms with van der Waals surface area (Å²) < 4.78 is 21.5. The van der Waals surface area contributed by atoms with Gasteiger partial charge in [0.2, 0.25) is 0 Å². The second-order valence-electron chi connectivity index (χ2n) is 4.36. The molecule has 1 saturated heterocycles. The lowest BCUT2D eigenvalue weighted by molar-refractivity contribution is 0.126. The Labute approximate surface area is 99.5 Å². The Morgan fingerprint density at radius 2 is 1.81 bits per heavy atom. The zero-order valence-corrected chi connectivity index (χ0v) is 11.7. The van der Waals surface area contributed by atoms with Crippen molar-refractivity contribution in [3.63, 3.8) is 0 Å². The lowest BCUT2D eigenvalue weighted by Gasteiger charge is -2.22. The fourth-order valence-corrected chi connectivity index (χ4v) is 2.89. The molecule has 1 unspecified atom stereocenters. The first-order valence-electron chi connectivity index (χ1n) is 6.00. The zero-order valence-electron chi connectivity index (χ0n) is 10.7. The van der Waals surface area contributed by atoms with Gasteiger partial charge in [0, 0.05) is 27.4 Å². The molecule has 0 aromatic carbocycles. The topological polar surface area (TPSA) is 40.2 Å². The van der Waals surface area contributed by atoms with Crippen LogP contribution in [0.15, 0.2) is 0 Å². The third-order valence-electron chi connectivity index (χ3n) is 3.00. The van der Waals surface area contributed by atoms with E-state index in [1.165, 1.54) is 0 Å². The van der Waals surface area contributed by atoms with E-state index in [2.05, 4.69) is 6.55 Å². The van der Waals surface area contributed by atoms with Gasteiger partial charge in [0.05, 0.1) is 12.7 Å². The van der Waals surface area contributed by atoms with Crippen molar-refractivity contribution in [3.05, 3.63) is 0 Å². The Morgan fingerprint density at radius 1 is 1.19 bits per heavy atom. The van der Waals surface area contributed by atoms with Gasteiger partial charge in [0.15, 0.2) is 0 Å². The van der Waals surface area contributed by atoms with Gasteiger partial charge in [-0.25, -0.2) is 0 Å². The molecule has 1 aliphatic heterocycles. The predicted molar refractivity (Wildman–Crippen MR) is 64.9 cm³/mol. The molecule has 0 N–H and O–H groups in total. The maximum atomic E-state index is 5.55. The quantitative estimate of drug-likeness (QED) is 0.336. The van der Waals surface area contributed by atoms with E-state index >= 15 is 0 Å². The summed E-state index contributed by atoms with van der Waals surface area (Å²) in [5.74, 6) is 0. The van der Waals surface area contributed by atoms with Gasteiger partial charge in [0.25, 0.3) is 0 Å². The minimum absolute atomic E-state index is 0.529. The van der Waals surface area contributed by atoms with E-state index in [1.54, 1.807) is 14.2 Å². The summed E-state index contributed by atoms with van der Waals surface area (Å²) in [7, 11) is 1.58. The molecule has 1 heterocycles. The Kier molecular flexibility index (Phi) is 6.53. The van der Waals surface area contributed by atoms with Crippen LogP contribution in [0.5, 0.6) is 0 Å². The van der Waals surface area contributed by atoms with Gasteiger partial charge < -0.3 is 18.3 Å². The van der Waals surface area contributed by atoms with Crippen molar-refractivity contribution in [2.45, 2.75) is 38.0 Å². The minimum Gasteiger partial charge on any atom is -0.398 e. The number of ether oxygens (including phenoxy) is 2. The van der Waals surface area contributed by atoms with Crippen molar-refractivity contribution < 1.29 is 18.3 Å². The molecule has 5 heteroatoms. The summed E-state index contributed by atoms with van der Waals surface area (Å²) in [5, 5.41) is 0. The predicted octanol–water partition coefficient (Wildman–Crippen LogP) is 1.94. The molecule has 16 heavy (non-hydrogen) atoms. The summed E-state index contributed by atoms with van der Waals surface area (Å²) >= 11 is 0. The summed E-state index contributed by atoms with van der Waals surface area (Å²) in [6, 6.07) is 0.992. The molecule has 1 aliphatic rings. The average Bonchev–Trinajstić information content (AvgIpc) is 3.11. The van der Waals surface area contributed by atoms with E-state index in [0.29, 0.717) is 6.10 Å². The molecular formula is C11H24O4Si. The molecular weight excluding hydrogens is 224 g/mol. The lowest BCUT2D eigenvalue weighted by atomic mass is 10.3. The van der Waals surface area contributed by atoms with E-state index in [0.717, 1.165) is 45.1 Å². The lowest BCUT2D eigenvalue weighted by Crippen LogP contribution is -2.36. The smallest absolute Gasteiger partial charge is 0.334 e. The fraction of sp³-hybridized carbons (Fsp3) is 1.00. The molecule has 96 valence electrons. The molecule has 0 amide bonds. The van der Waals surface area contributed by atoms with Gasteiger partial charge >= 0.3 is 8.56 Å². The van der Waals surface area contributed by atoms with Crippen LogP contribution in [0, 0.1) is 0 Å². The average molecular weight is 248 g/mol. The first-order chi connectivity index (χ1) is 7.70. The van der Waals surface area contributed by atoms with Crippen LogP contribution in [0.25, 0.3) is 0 Å². The molecule has 0 aliphatic carbocycles. The standard InChI is InChI=1S/C11H24O4Si/c1-12-16(3,13-2)9-5-8-14-7-4-6-11-10-15-11/h11H,4-10H2,1-3H3. The van der Waals surface area contributed by atoms with Crippen LogP contribution < -0.4 is 0 Å². The van der Waals surface area contributed by atoms with Crippen LogP contribution in [0.4, 0.5) is 0 Å². The van der Waals surface area contributed by atoms with Crippen molar-refractivity contribution >= 4 is 8.56 Å². The Morgan fingerprint density at radius 3 is 2.38 bits per heavy atom. The number of rotatable bonds is 10. The van der Waals surface area contributed by atoms with E-state index < -0.39 is 8.56 Å². The minimum atomic E-state index is -1.87. The molecule has 0 aromatic heterocycles. The van der Waals surface area contributed by atoms with Gasteiger partial charge in [-0.2, -0.15) is 0 Å². The molecule has 1 rings (SSSR count). The summed E-state index contributed by atoms with van der Waals surface area (Å²) in [6.07, 6.45) is 3.79. The van der Waals surface area contributed by atoms with Crippen molar-refractivity contribution in [3.8, 4) is 0 Å². The number of hydrogen-bond acceptors (Lipinski definition) is 4. The van der Waals surface area contributed by atoms with Crippen LogP contribution in [0.2, 0.25) is 12.6 Å². The first kappa shape index (κ1) is 14.1. The molecule has 0 saturated carbocycles. The van der Waals surface area contributed by atoms with Gasteiger partial charge in [0.1, 0.15) is 0 Å². The van der Waals surface area contributed by atoms with E-state index in [4.69, 9.17) is 18.3 Å². The first-order valence-corrected chi connectivity index (χ1v) is 8.52. The third-order valence-corrected chi connectivity index (χ3v) is 5.99. The molecule has 1 atom stereocenters. The van der Waals surface area contributed by atoms with Crippen LogP contribution in [0.1, 0.15) is 19.3 Å². The molecule has 0 radical (unpaired) electrons. The fourth-order valence-electron chi connectivity index (χ4n) is 1.53. The summed E-state index contributed by atoms with van der Waals surface area (Å²) in [5.41, 5.74) is 0. The molecule has 0 aromatic rings. The highest BCUT2D eigenvalue weighted by Gasteiger charge is 2.27. The Hall–Kier alpha value is 0.0569. The van der Waals surface area contributed by atoms with Crippen LogP contribution in [-0.4, -0.2) is 48.7 Å². The van der Waals surface area contributed by atoms with Crippen molar-refractivity contribution in [1.82, 2.24) is 0 Å². The van der Waals surface area contributed by atoms with Crippen molar-refractivity contribution in [2.24, 2.45) is 0 Å². The number of epoxide rings is 1. The van der Waals surface area contributed by atoms with Crippen molar-refractivity contribution in [1.29, 1.82) is 0 Å². The maximum absolute atomic E-state index is 5.55. The van der Waals surface area contributed by atoms with Gasteiger partial charge in [-0.1, -0.05) is 0 Å². The van der Waals surface area contributed by atoms with E-state index in [9.17, 15) is 0 Å². The second-order valence-corrected chi connectivity index (χ2v) is 7.94. The van der Waals surface area contributed by atoms with E-state index in [1.807, 2.05) is 0 Å². The second kappa shape index (κ2) is 7.40. The monoisotopic (exact) mass is 248 g/mol. The maximum Gasteiger partial charge on any atom is 0.334 e.